The van der Waals surface area contributed by atoms with Crippen LogP contribution in [0.25, 0.3) is 0 Å². The fraction of sp³-hybridized carbons (Fsp3) is 0.769. The summed E-state index contributed by atoms with van der Waals surface area (Å²) in [5.41, 5.74) is 2.01. The Labute approximate surface area is 130 Å². The van der Waals surface area contributed by atoms with Crippen LogP contribution in [0.2, 0.25) is 0 Å². The lowest BCUT2D eigenvalue weighted by atomic mass is 9.98. The molecule has 1 heterocycles. The minimum atomic E-state index is -3.17. The molecule has 0 saturated heterocycles. The van der Waals surface area contributed by atoms with Gasteiger partial charge >= 0.3 is 0 Å². The van der Waals surface area contributed by atoms with Gasteiger partial charge in [-0.05, 0) is 43.2 Å². The van der Waals surface area contributed by atoms with Crippen LogP contribution in [0.15, 0.2) is 4.47 Å². The average molecular weight is 366 g/mol. The summed E-state index contributed by atoms with van der Waals surface area (Å²) < 4.78 is 26.0. The summed E-state index contributed by atoms with van der Waals surface area (Å²) in [5, 5.41) is 7.59. The molecule has 0 fully saturated rings. The van der Waals surface area contributed by atoms with Crippen molar-refractivity contribution in [3.8, 4) is 0 Å². The van der Waals surface area contributed by atoms with Gasteiger partial charge in [0.1, 0.15) is 0 Å². The van der Waals surface area contributed by atoms with Crippen molar-refractivity contribution in [1.82, 2.24) is 15.1 Å². The van der Waals surface area contributed by atoms with Crippen LogP contribution in [-0.2, 0) is 29.7 Å². The highest BCUT2D eigenvalue weighted by molar-refractivity contribution is 9.10. The van der Waals surface area contributed by atoms with E-state index in [1.54, 1.807) is 20.9 Å². The van der Waals surface area contributed by atoms with E-state index in [0.717, 1.165) is 22.3 Å². The van der Waals surface area contributed by atoms with E-state index in [1.807, 2.05) is 18.7 Å². The van der Waals surface area contributed by atoms with Gasteiger partial charge in [-0.25, -0.2) is 8.42 Å². The quantitative estimate of drug-likeness (QED) is 0.833. The van der Waals surface area contributed by atoms with Crippen LogP contribution < -0.4 is 5.32 Å². The van der Waals surface area contributed by atoms with E-state index in [1.165, 1.54) is 6.26 Å². The monoisotopic (exact) mass is 365 g/mol. The summed E-state index contributed by atoms with van der Waals surface area (Å²) >= 11 is 3.58. The molecule has 1 N–H and O–H groups in total. The lowest BCUT2D eigenvalue weighted by molar-refractivity contribution is 0.422. The number of aryl methyl sites for hydroxylation is 2. The number of rotatable bonds is 6. The van der Waals surface area contributed by atoms with Crippen LogP contribution in [0.1, 0.15) is 32.2 Å². The molecule has 20 heavy (non-hydrogen) atoms. The molecule has 1 aromatic heterocycles. The van der Waals surface area contributed by atoms with Gasteiger partial charge in [-0.15, -0.1) is 0 Å². The highest BCUT2D eigenvalue weighted by atomic mass is 79.9. The van der Waals surface area contributed by atoms with Crippen molar-refractivity contribution < 1.29 is 8.42 Å². The molecule has 1 aromatic rings. The average Bonchev–Trinajstić information content (AvgIpc) is 2.60. The highest BCUT2D eigenvalue weighted by Crippen LogP contribution is 2.27. The third-order valence-corrected chi connectivity index (χ3v) is 7.15. The topological polar surface area (TPSA) is 64.0 Å². The summed E-state index contributed by atoms with van der Waals surface area (Å²) in [7, 11) is 0.517. The van der Waals surface area contributed by atoms with E-state index in [2.05, 4.69) is 26.3 Å². The summed E-state index contributed by atoms with van der Waals surface area (Å²) in [6.07, 6.45) is 2.72. The number of sulfone groups is 1. The van der Waals surface area contributed by atoms with Gasteiger partial charge in [0.25, 0.3) is 0 Å². The molecule has 0 aromatic carbocycles. The second kappa shape index (κ2) is 6.15. The van der Waals surface area contributed by atoms with Gasteiger partial charge in [-0.3, -0.25) is 4.68 Å². The van der Waals surface area contributed by atoms with E-state index in [9.17, 15) is 8.42 Å². The maximum Gasteiger partial charge on any atom is 0.154 e. The number of nitrogens with zero attached hydrogens (tertiary/aromatic N) is 2. The first-order valence-electron chi connectivity index (χ1n) is 6.63. The fourth-order valence-electron chi connectivity index (χ4n) is 2.19. The van der Waals surface area contributed by atoms with E-state index < -0.39 is 14.6 Å². The molecule has 0 spiro atoms. The smallest absolute Gasteiger partial charge is 0.154 e. The molecule has 0 aliphatic carbocycles. The van der Waals surface area contributed by atoms with Crippen molar-refractivity contribution >= 4 is 25.8 Å². The molecule has 7 heteroatoms. The molecule has 0 saturated carbocycles. The first-order valence-corrected chi connectivity index (χ1v) is 9.31. The van der Waals surface area contributed by atoms with Crippen molar-refractivity contribution in [1.29, 1.82) is 0 Å². The number of halogens is 1. The zero-order valence-electron chi connectivity index (χ0n) is 13.0. The molecule has 1 rings (SSSR count). The van der Waals surface area contributed by atoms with Crippen LogP contribution >= 0.6 is 15.9 Å². The third-order valence-electron chi connectivity index (χ3n) is 4.04. The fourth-order valence-corrected chi connectivity index (χ4v) is 3.68. The Hall–Kier alpha value is -0.400. The lowest BCUT2D eigenvalue weighted by Gasteiger charge is -2.32. The second-order valence-corrected chi connectivity index (χ2v) is 9.00. The van der Waals surface area contributed by atoms with E-state index in [0.29, 0.717) is 6.42 Å². The lowest BCUT2D eigenvalue weighted by Crippen LogP contribution is -2.51. The Bertz CT molecular complexity index is 579. The number of nitrogens with one attached hydrogen (secondary N) is 1. The Kier molecular flexibility index (Phi) is 5.43. The number of aromatic nitrogens is 2. The van der Waals surface area contributed by atoms with Gasteiger partial charge in [0.2, 0.25) is 0 Å². The van der Waals surface area contributed by atoms with Crippen LogP contribution in [-0.4, -0.2) is 42.3 Å². The van der Waals surface area contributed by atoms with Gasteiger partial charge in [-0.1, -0.05) is 6.92 Å². The van der Waals surface area contributed by atoms with Crippen LogP contribution in [0.5, 0.6) is 0 Å². The number of likely N-dealkylation sites (N-methyl/N-ethyl adjacent to an activating group) is 1. The molecule has 1 atom stereocenters. The van der Waals surface area contributed by atoms with Crippen molar-refractivity contribution in [2.75, 3.05) is 13.3 Å². The predicted octanol–water partition coefficient (Wildman–Crippen LogP) is 1.70. The van der Waals surface area contributed by atoms with Crippen molar-refractivity contribution in [2.45, 2.75) is 44.4 Å². The van der Waals surface area contributed by atoms with E-state index >= 15 is 0 Å². The van der Waals surface area contributed by atoms with Gasteiger partial charge < -0.3 is 5.32 Å². The Morgan fingerprint density at radius 3 is 2.35 bits per heavy atom. The van der Waals surface area contributed by atoms with Crippen molar-refractivity contribution in [3.05, 3.63) is 15.9 Å². The van der Waals surface area contributed by atoms with Crippen LogP contribution in [0, 0.1) is 0 Å². The summed E-state index contributed by atoms with van der Waals surface area (Å²) in [6, 6.07) is -0.186. The molecular formula is C13H24BrN3O2S. The standard InChI is InChI=1S/C13H24BrN3O2S/c1-7-9-12(14)10(17(5)16-9)8-11(15-4)13(2,3)20(6,18)19/h11,15H,7-8H2,1-6H3. The third kappa shape index (κ3) is 3.26. The first kappa shape index (κ1) is 17.7. The molecule has 116 valence electrons. The maximum absolute atomic E-state index is 12.0. The molecular weight excluding hydrogens is 342 g/mol. The zero-order valence-corrected chi connectivity index (χ0v) is 15.4. The van der Waals surface area contributed by atoms with Crippen LogP contribution in [0.4, 0.5) is 0 Å². The van der Waals surface area contributed by atoms with Gasteiger partial charge in [0, 0.05) is 25.8 Å². The Morgan fingerprint density at radius 2 is 2.00 bits per heavy atom. The Balaban J connectivity index is 3.16. The molecule has 5 nitrogen and oxygen atoms in total. The largest absolute Gasteiger partial charge is 0.315 e. The highest BCUT2D eigenvalue weighted by Gasteiger charge is 2.39. The summed E-state index contributed by atoms with van der Waals surface area (Å²) in [4.78, 5) is 0. The van der Waals surface area contributed by atoms with Gasteiger partial charge in [0.05, 0.1) is 20.6 Å². The minimum Gasteiger partial charge on any atom is -0.315 e. The second-order valence-electron chi connectivity index (χ2n) is 5.61. The molecule has 0 aliphatic rings. The van der Waals surface area contributed by atoms with Gasteiger partial charge in [0.15, 0.2) is 9.84 Å². The summed E-state index contributed by atoms with van der Waals surface area (Å²) in [5.74, 6) is 0. The number of hydrogen-bond acceptors (Lipinski definition) is 4. The molecule has 0 bridgehead atoms. The van der Waals surface area contributed by atoms with Gasteiger partial charge in [-0.2, -0.15) is 5.10 Å². The Morgan fingerprint density at radius 1 is 1.45 bits per heavy atom. The van der Waals surface area contributed by atoms with E-state index in [-0.39, 0.29) is 6.04 Å². The molecule has 0 radical (unpaired) electrons. The predicted molar refractivity (Wildman–Crippen MR) is 85.8 cm³/mol. The van der Waals surface area contributed by atoms with E-state index in [4.69, 9.17) is 0 Å². The van der Waals surface area contributed by atoms with Crippen molar-refractivity contribution in [3.63, 3.8) is 0 Å². The maximum atomic E-state index is 12.0. The first-order chi connectivity index (χ1) is 9.06. The summed E-state index contributed by atoms with van der Waals surface area (Å²) in [6.45, 7) is 5.57. The SMILES string of the molecule is CCc1nn(C)c(CC(NC)C(C)(C)S(C)(=O)=O)c1Br. The number of hydrogen-bond donors (Lipinski definition) is 1. The zero-order chi connectivity index (χ0) is 15.7. The van der Waals surface area contributed by atoms with Crippen molar-refractivity contribution in [2.24, 2.45) is 7.05 Å². The molecule has 0 aliphatic heterocycles. The van der Waals surface area contributed by atoms with Crippen LogP contribution in [0.3, 0.4) is 0 Å². The molecule has 1 unspecified atom stereocenters. The minimum absolute atomic E-state index is 0.186. The molecule has 0 amide bonds. The normalized spacial score (nSPS) is 14.6.